The average Bonchev–Trinajstić information content (AvgIpc) is 2.68. The average molecular weight is 377 g/mol. The van der Waals surface area contributed by atoms with E-state index in [4.69, 9.17) is 4.74 Å². The standard InChI is InChI=1S/C19H27N3O5/c1-26-16-7-4-3-6-14(16)13-22-11-10-21-19(25)15(22)12-17(23)20-9-5-8-18(24)27-2/h3-4,6-7,15H,5,8-13H2,1-2H3,(H,20,23)(H,21,25). The lowest BCUT2D eigenvalue weighted by Gasteiger charge is -2.35. The molecule has 27 heavy (non-hydrogen) atoms. The van der Waals surface area contributed by atoms with Gasteiger partial charge in [0.15, 0.2) is 0 Å². The van der Waals surface area contributed by atoms with E-state index < -0.39 is 6.04 Å². The molecule has 0 radical (unpaired) electrons. The summed E-state index contributed by atoms with van der Waals surface area (Å²) in [7, 11) is 2.94. The summed E-state index contributed by atoms with van der Waals surface area (Å²) >= 11 is 0. The topological polar surface area (TPSA) is 97.0 Å². The molecule has 1 atom stereocenters. The zero-order valence-electron chi connectivity index (χ0n) is 15.8. The minimum Gasteiger partial charge on any atom is -0.496 e. The van der Waals surface area contributed by atoms with Crippen LogP contribution in [-0.2, 0) is 25.7 Å². The van der Waals surface area contributed by atoms with E-state index >= 15 is 0 Å². The third-order valence-electron chi connectivity index (χ3n) is 4.49. The van der Waals surface area contributed by atoms with Crippen molar-refractivity contribution < 1.29 is 23.9 Å². The number of piperazine rings is 1. The van der Waals surface area contributed by atoms with Crippen LogP contribution in [0, 0.1) is 0 Å². The second kappa shape index (κ2) is 10.5. The van der Waals surface area contributed by atoms with Crippen LogP contribution < -0.4 is 15.4 Å². The molecule has 0 spiro atoms. The van der Waals surface area contributed by atoms with Gasteiger partial charge in [-0.3, -0.25) is 19.3 Å². The summed E-state index contributed by atoms with van der Waals surface area (Å²) in [6.07, 6.45) is 0.819. The Balaban J connectivity index is 1.92. The second-order valence-corrected chi connectivity index (χ2v) is 6.32. The van der Waals surface area contributed by atoms with Crippen molar-refractivity contribution in [3.63, 3.8) is 0 Å². The van der Waals surface area contributed by atoms with Crippen molar-refractivity contribution >= 4 is 17.8 Å². The molecular formula is C19H27N3O5. The van der Waals surface area contributed by atoms with Gasteiger partial charge in [-0.25, -0.2) is 0 Å². The number of esters is 1. The molecule has 1 saturated heterocycles. The molecule has 0 aliphatic carbocycles. The largest absolute Gasteiger partial charge is 0.496 e. The SMILES string of the molecule is COC(=O)CCCNC(=O)CC1C(=O)NCCN1Cc1ccccc1OC. The van der Waals surface area contributed by atoms with Crippen LogP contribution in [-0.4, -0.2) is 62.6 Å². The first-order chi connectivity index (χ1) is 13.0. The molecule has 1 aromatic rings. The van der Waals surface area contributed by atoms with Gasteiger partial charge in [0, 0.05) is 38.2 Å². The van der Waals surface area contributed by atoms with Crippen LogP contribution in [0.2, 0.25) is 0 Å². The monoisotopic (exact) mass is 377 g/mol. The highest BCUT2D eigenvalue weighted by Gasteiger charge is 2.31. The second-order valence-electron chi connectivity index (χ2n) is 6.32. The lowest BCUT2D eigenvalue weighted by Crippen LogP contribution is -2.56. The van der Waals surface area contributed by atoms with Crippen molar-refractivity contribution in [3.8, 4) is 5.75 Å². The van der Waals surface area contributed by atoms with Crippen molar-refractivity contribution in [3.05, 3.63) is 29.8 Å². The van der Waals surface area contributed by atoms with E-state index in [0.29, 0.717) is 32.6 Å². The van der Waals surface area contributed by atoms with Gasteiger partial charge in [-0.05, 0) is 12.5 Å². The first kappa shape index (κ1) is 20.7. The van der Waals surface area contributed by atoms with Gasteiger partial charge in [0.05, 0.1) is 26.7 Å². The molecule has 8 heteroatoms. The molecule has 2 N–H and O–H groups in total. The molecule has 148 valence electrons. The van der Waals surface area contributed by atoms with Crippen molar-refractivity contribution in [2.45, 2.75) is 31.8 Å². The third kappa shape index (κ3) is 6.25. The molecule has 2 amide bonds. The fraction of sp³-hybridized carbons (Fsp3) is 0.526. The van der Waals surface area contributed by atoms with E-state index in [-0.39, 0.29) is 30.6 Å². The van der Waals surface area contributed by atoms with Crippen molar-refractivity contribution in [1.29, 1.82) is 0 Å². The smallest absolute Gasteiger partial charge is 0.305 e. The molecule has 1 unspecified atom stereocenters. The molecule has 0 aromatic heterocycles. The maximum absolute atomic E-state index is 12.3. The van der Waals surface area contributed by atoms with Crippen molar-refractivity contribution in [2.75, 3.05) is 33.9 Å². The fourth-order valence-corrected chi connectivity index (χ4v) is 3.04. The summed E-state index contributed by atoms with van der Waals surface area (Å²) in [4.78, 5) is 37.6. The highest BCUT2D eigenvalue weighted by Crippen LogP contribution is 2.21. The molecule has 1 aliphatic rings. The summed E-state index contributed by atoms with van der Waals surface area (Å²) in [5.41, 5.74) is 0.971. The summed E-state index contributed by atoms with van der Waals surface area (Å²) < 4.78 is 9.94. The predicted octanol–water partition coefficient (Wildman–Crippen LogP) is 0.455. The van der Waals surface area contributed by atoms with Crippen LogP contribution in [0.1, 0.15) is 24.8 Å². The van der Waals surface area contributed by atoms with Crippen LogP contribution in [0.3, 0.4) is 0 Å². The number of nitrogens with zero attached hydrogens (tertiary/aromatic N) is 1. The number of nitrogens with one attached hydrogen (secondary N) is 2. The molecule has 2 rings (SSSR count). The first-order valence-corrected chi connectivity index (χ1v) is 9.02. The Kier molecular flexibility index (Phi) is 8.06. The Labute approximate surface area is 159 Å². The predicted molar refractivity (Wildman–Crippen MR) is 99.1 cm³/mol. The molecular weight excluding hydrogens is 350 g/mol. The zero-order chi connectivity index (χ0) is 19.6. The van der Waals surface area contributed by atoms with Gasteiger partial charge in [0.2, 0.25) is 11.8 Å². The number of carbonyl (C=O) groups excluding carboxylic acids is 3. The Morgan fingerprint density at radius 3 is 2.81 bits per heavy atom. The van der Waals surface area contributed by atoms with E-state index in [0.717, 1.165) is 11.3 Å². The Morgan fingerprint density at radius 2 is 2.07 bits per heavy atom. The number of methoxy groups -OCH3 is 2. The molecule has 0 bridgehead atoms. The summed E-state index contributed by atoms with van der Waals surface area (Å²) in [6.45, 7) is 2.10. The molecule has 1 heterocycles. The van der Waals surface area contributed by atoms with Gasteiger partial charge >= 0.3 is 5.97 Å². The van der Waals surface area contributed by atoms with Gasteiger partial charge in [-0.1, -0.05) is 18.2 Å². The van der Waals surface area contributed by atoms with Crippen LogP contribution in [0.25, 0.3) is 0 Å². The Bertz CT molecular complexity index is 665. The molecule has 0 saturated carbocycles. The summed E-state index contributed by atoms with van der Waals surface area (Å²) in [6, 6.07) is 7.11. The molecule has 8 nitrogen and oxygen atoms in total. The number of para-hydroxylation sites is 1. The number of hydrogen-bond donors (Lipinski definition) is 2. The highest BCUT2D eigenvalue weighted by molar-refractivity contribution is 5.88. The number of hydrogen-bond acceptors (Lipinski definition) is 6. The fourth-order valence-electron chi connectivity index (χ4n) is 3.04. The minimum atomic E-state index is -0.538. The van der Waals surface area contributed by atoms with Crippen molar-refractivity contribution in [2.24, 2.45) is 0 Å². The Hall–Kier alpha value is -2.61. The van der Waals surface area contributed by atoms with E-state index in [1.807, 2.05) is 29.2 Å². The van der Waals surface area contributed by atoms with Crippen LogP contribution in [0.5, 0.6) is 5.75 Å². The number of carbonyl (C=O) groups is 3. The number of amides is 2. The number of benzene rings is 1. The zero-order valence-corrected chi connectivity index (χ0v) is 15.8. The summed E-state index contributed by atoms with van der Waals surface area (Å²) in [5.74, 6) is 0.0844. The van der Waals surface area contributed by atoms with E-state index in [1.165, 1.54) is 7.11 Å². The van der Waals surface area contributed by atoms with Gasteiger partial charge in [-0.2, -0.15) is 0 Å². The van der Waals surface area contributed by atoms with Crippen LogP contribution in [0.4, 0.5) is 0 Å². The lowest BCUT2D eigenvalue weighted by molar-refractivity contribution is -0.140. The number of rotatable bonds is 9. The summed E-state index contributed by atoms with van der Waals surface area (Å²) in [5, 5.41) is 5.58. The minimum absolute atomic E-state index is 0.0687. The Morgan fingerprint density at radius 1 is 1.30 bits per heavy atom. The first-order valence-electron chi connectivity index (χ1n) is 9.02. The van der Waals surface area contributed by atoms with E-state index in [9.17, 15) is 14.4 Å². The number of ether oxygens (including phenoxy) is 2. The quantitative estimate of drug-likeness (QED) is 0.479. The normalized spacial score (nSPS) is 17.1. The maximum atomic E-state index is 12.3. The molecule has 1 fully saturated rings. The van der Waals surface area contributed by atoms with Gasteiger partial charge < -0.3 is 20.1 Å². The lowest BCUT2D eigenvalue weighted by atomic mass is 10.1. The molecule has 1 aromatic carbocycles. The third-order valence-corrected chi connectivity index (χ3v) is 4.49. The highest BCUT2D eigenvalue weighted by atomic mass is 16.5. The van der Waals surface area contributed by atoms with Crippen molar-refractivity contribution in [1.82, 2.24) is 15.5 Å². The van der Waals surface area contributed by atoms with Gasteiger partial charge in [-0.15, -0.1) is 0 Å². The molecule has 1 aliphatic heterocycles. The van der Waals surface area contributed by atoms with Gasteiger partial charge in [0.25, 0.3) is 0 Å². The van der Waals surface area contributed by atoms with E-state index in [2.05, 4.69) is 15.4 Å². The van der Waals surface area contributed by atoms with Gasteiger partial charge in [0.1, 0.15) is 5.75 Å². The maximum Gasteiger partial charge on any atom is 0.305 e. The van der Waals surface area contributed by atoms with Crippen LogP contribution in [0.15, 0.2) is 24.3 Å². The van der Waals surface area contributed by atoms with E-state index in [1.54, 1.807) is 7.11 Å². The van der Waals surface area contributed by atoms with Crippen LogP contribution >= 0.6 is 0 Å².